The highest BCUT2D eigenvalue weighted by Gasteiger charge is 2.48. The largest absolute Gasteiger partial charge is 0.376 e. The minimum Gasteiger partial charge on any atom is -0.376 e. The van der Waals surface area contributed by atoms with Gasteiger partial charge in [-0.25, -0.2) is 0 Å². The second-order valence-electron chi connectivity index (χ2n) is 9.82. The van der Waals surface area contributed by atoms with E-state index in [1.165, 1.54) is 5.56 Å². The summed E-state index contributed by atoms with van der Waals surface area (Å²) >= 11 is 0. The molecule has 1 saturated heterocycles. The van der Waals surface area contributed by atoms with Crippen molar-refractivity contribution in [3.05, 3.63) is 65.9 Å². The number of anilines is 1. The van der Waals surface area contributed by atoms with Crippen molar-refractivity contribution in [3.63, 3.8) is 0 Å². The lowest BCUT2D eigenvalue weighted by Crippen LogP contribution is -2.32. The van der Waals surface area contributed by atoms with Gasteiger partial charge in [0.15, 0.2) is 0 Å². The van der Waals surface area contributed by atoms with Crippen molar-refractivity contribution in [1.29, 1.82) is 5.26 Å². The van der Waals surface area contributed by atoms with Crippen LogP contribution in [0.25, 0.3) is 10.9 Å². The number of para-hydroxylation sites is 1. The van der Waals surface area contributed by atoms with Gasteiger partial charge in [0.2, 0.25) is 0 Å². The maximum absolute atomic E-state index is 13.6. The van der Waals surface area contributed by atoms with Crippen LogP contribution in [0.2, 0.25) is 0 Å². The molecule has 5 heteroatoms. The maximum Gasteiger partial charge on any atom is 0.274 e. The quantitative estimate of drug-likeness (QED) is 0.544. The molecule has 1 saturated carbocycles. The molecule has 1 aliphatic heterocycles. The lowest BCUT2D eigenvalue weighted by Gasteiger charge is -2.35. The third-order valence-corrected chi connectivity index (χ3v) is 7.02. The Hall–Kier alpha value is -3.10. The van der Waals surface area contributed by atoms with Crippen LogP contribution in [0.5, 0.6) is 0 Å². The van der Waals surface area contributed by atoms with Crippen molar-refractivity contribution < 1.29 is 9.53 Å². The number of fused-ring (bicyclic) bond motifs is 1. The molecule has 1 unspecified atom stereocenters. The van der Waals surface area contributed by atoms with E-state index < -0.39 is 5.54 Å². The van der Waals surface area contributed by atoms with Crippen LogP contribution in [-0.4, -0.2) is 29.7 Å². The summed E-state index contributed by atoms with van der Waals surface area (Å²) in [6.45, 7) is 5.06. The van der Waals surface area contributed by atoms with Crippen LogP contribution < -0.4 is 4.90 Å². The van der Waals surface area contributed by atoms with Crippen molar-refractivity contribution in [3.8, 4) is 6.07 Å². The number of hydrogen-bond donors (Lipinski definition) is 0. The number of aromatic nitrogens is 1. The molecule has 2 heterocycles. The first-order valence-electron chi connectivity index (χ1n) is 11.4. The number of nitriles is 1. The van der Waals surface area contributed by atoms with E-state index in [9.17, 15) is 10.1 Å². The average molecular weight is 428 g/mol. The van der Waals surface area contributed by atoms with Gasteiger partial charge in [-0.15, -0.1) is 0 Å². The zero-order chi connectivity index (χ0) is 22.5. The highest BCUT2D eigenvalue weighted by atomic mass is 16.5. The third-order valence-electron chi connectivity index (χ3n) is 7.02. The predicted octanol–water partition coefficient (Wildman–Crippen LogP) is 5.60. The monoisotopic (exact) mass is 427 g/mol. The fourth-order valence-electron chi connectivity index (χ4n) is 5.07. The Kier molecular flexibility index (Phi) is 4.87. The van der Waals surface area contributed by atoms with E-state index in [0.717, 1.165) is 48.9 Å². The van der Waals surface area contributed by atoms with E-state index in [1.54, 1.807) is 11.9 Å². The summed E-state index contributed by atoms with van der Waals surface area (Å²) in [5.74, 6) is 0.339. The normalized spacial score (nSPS) is 21.1. The molecule has 0 bridgehead atoms. The summed E-state index contributed by atoms with van der Waals surface area (Å²) in [6, 6.07) is 20.6. The first kappa shape index (κ1) is 20.8. The minimum absolute atomic E-state index is 0.0947. The zero-order valence-corrected chi connectivity index (χ0v) is 19.0. The Morgan fingerprint density at radius 2 is 1.91 bits per heavy atom. The van der Waals surface area contributed by atoms with Crippen molar-refractivity contribution in [1.82, 2.24) is 4.57 Å². The number of nitrogens with zero attached hydrogens (tertiary/aromatic N) is 3. The number of benzene rings is 2. The highest BCUT2D eigenvalue weighted by Crippen LogP contribution is 2.47. The van der Waals surface area contributed by atoms with Gasteiger partial charge in [0.05, 0.1) is 17.2 Å². The van der Waals surface area contributed by atoms with Crippen molar-refractivity contribution in [2.24, 2.45) is 0 Å². The molecule has 1 aliphatic carbocycles. The lowest BCUT2D eigenvalue weighted by atomic mass is 9.83. The number of amides is 1. The molecule has 5 rings (SSSR count). The topological polar surface area (TPSA) is 58.3 Å². The summed E-state index contributed by atoms with van der Waals surface area (Å²) in [7, 11) is 1.79. The molecule has 1 atom stereocenters. The average Bonchev–Trinajstić information content (AvgIpc) is 3.50. The molecular weight excluding hydrogens is 398 g/mol. The summed E-state index contributed by atoms with van der Waals surface area (Å²) in [5, 5.41) is 11.0. The molecule has 1 amide bonds. The van der Waals surface area contributed by atoms with Gasteiger partial charge in [0, 0.05) is 24.7 Å². The third kappa shape index (κ3) is 3.49. The van der Waals surface area contributed by atoms with E-state index in [0.29, 0.717) is 11.6 Å². The first-order valence-corrected chi connectivity index (χ1v) is 11.4. The maximum atomic E-state index is 13.6. The van der Waals surface area contributed by atoms with Gasteiger partial charge < -0.3 is 14.2 Å². The molecule has 3 aromatic rings. The van der Waals surface area contributed by atoms with Crippen LogP contribution in [0.1, 0.15) is 61.5 Å². The number of carbonyl (C=O) groups is 1. The van der Waals surface area contributed by atoms with E-state index in [4.69, 9.17) is 4.74 Å². The van der Waals surface area contributed by atoms with Gasteiger partial charge in [0.1, 0.15) is 11.2 Å². The SMILES string of the molecule is CN(C(=O)c1cc2cc(C3CCOC(C)(C)C3)ccc2n1C1(C#N)CC1)c1ccccc1. The molecule has 0 spiro atoms. The second kappa shape index (κ2) is 7.50. The standard InChI is InChI=1S/C27H29N3O2/c1-26(2)17-20(11-14-32-26)19-9-10-23-21(15-19)16-24(30(23)27(18-28)12-13-27)25(31)29(3)22-7-5-4-6-8-22/h4-10,15-16,20H,11-14,17H2,1-3H3. The Labute approximate surface area is 189 Å². The Morgan fingerprint density at radius 3 is 2.56 bits per heavy atom. The molecule has 0 N–H and O–H groups in total. The Balaban J connectivity index is 1.59. The number of rotatable bonds is 4. The summed E-state index contributed by atoms with van der Waals surface area (Å²) in [6.07, 6.45) is 3.53. The number of hydrogen-bond acceptors (Lipinski definition) is 3. The van der Waals surface area contributed by atoms with Gasteiger partial charge >= 0.3 is 0 Å². The zero-order valence-electron chi connectivity index (χ0n) is 19.0. The van der Waals surface area contributed by atoms with Gasteiger partial charge in [-0.05, 0) is 81.3 Å². The molecule has 2 aromatic carbocycles. The molecule has 164 valence electrons. The van der Waals surface area contributed by atoms with Gasteiger partial charge in [-0.3, -0.25) is 4.79 Å². The van der Waals surface area contributed by atoms with Gasteiger partial charge in [-0.2, -0.15) is 5.26 Å². The second-order valence-corrected chi connectivity index (χ2v) is 9.82. The van der Waals surface area contributed by atoms with Crippen molar-refractivity contribution in [2.75, 3.05) is 18.6 Å². The molecule has 1 aromatic heterocycles. The molecule has 5 nitrogen and oxygen atoms in total. The Morgan fingerprint density at radius 1 is 1.16 bits per heavy atom. The van der Waals surface area contributed by atoms with Crippen LogP contribution >= 0.6 is 0 Å². The highest BCUT2D eigenvalue weighted by molar-refractivity contribution is 6.08. The van der Waals surface area contributed by atoms with E-state index in [1.807, 2.05) is 41.0 Å². The molecule has 2 aliphatic rings. The van der Waals surface area contributed by atoms with Crippen molar-refractivity contribution >= 4 is 22.5 Å². The first-order chi connectivity index (χ1) is 15.3. The summed E-state index contributed by atoms with van der Waals surface area (Å²) in [4.78, 5) is 15.2. The van der Waals surface area contributed by atoms with E-state index in [-0.39, 0.29) is 11.5 Å². The fourth-order valence-corrected chi connectivity index (χ4v) is 5.07. The van der Waals surface area contributed by atoms with Crippen LogP contribution in [0.15, 0.2) is 54.6 Å². The van der Waals surface area contributed by atoms with E-state index >= 15 is 0 Å². The van der Waals surface area contributed by atoms with Crippen LogP contribution in [0, 0.1) is 11.3 Å². The summed E-state index contributed by atoms with van der Waals surface area (Å²) in [5.41, 5.74) is 2.91. The smallest absolute Gasteiger partial charge is 0.274 e. The molecule has 0 radical (unpaired) electrons. The van der Waals surface area contributed by atoms with Crippen LogP contribution in [0.3, 0.4) is 0 Å². The molecular formula is C27H29N3O2. The summed E-state index contributed by atoms with van der Waals surface area (Å²) < 4.78 is 7.89. The molecule has 32 heavy (non-hydrogen) atoms. The van der Waals surface area contributed by atoms with Crippen molar-refractivity contribution in [2.45, 2.75) is 56.6 Å². The fraction of sp³-hybridized carbons (Fsp3) is 0.407. The van der Waals surface area contributed by atoms with E-state index in [2.05, 4.69) is 38.1 Å². The molecule has 2 fully saturated rings. The number of carbonyl (C=O) groups excluding carboxylic acids is 1. The van der Waals surface area contributed by atoms with Gasteiger partial charge in [-0.1, -0.05) is 24.3 Å². The Bertz CT molecular complexity index is 1210. The van der Waals surface area contributed by atoms with Gasteiger partial charge in [0.25, 0.3) is 5.91 Å². The number of ether oxygens (including phenoxy) is 1. The minimum atomic E-state index is -0.619. The predicted molar refractivity (Wildman–Crippen MR) is 126 cm³/mol. The lowest BCUT2D eigenvalue weighted by molar-refractivity contribution is -0.0592. The van der Waals surface area contributed by atoms with Crippen LogP contribution in [0.4, 0.5) is 5.69 Å². The van der Waals surface area contributed by atoms with Crippen LogP contribution in [-0.2, 0) is 10.3 Å².